The van der Waals surface area contributed by atoms with E-state index in [-0.39, 0.29) is 24.4 Å². The number of amides is 2. The SMILES string of the molecule is COc1ccc(C(=O)NCc2cccc(C(=O)Nc3ccc4c(c3)CC(N)C4)c2)cc1OC. The van der Waals surface area contributed by atoms with Crippen LogP contribution in [0.15, 0.2) is 60.7 Å². The lowest BCUT2D eigenvalue weighted by atomic mass is 10.1. The highest BCUT2D eigenvalue weighted by atomic mass is 16.5. The van der Waals surface area contributed by atoms with E-state index in [4.69, 9.17) is 15.2 Å². The molecular formula is C26H27N3O4. The van der Waals surface area contributed by atoms with Gasteiger partial charge in [0.15, 0.2) is 11.5 Å². The third-order valence-corrected chi connectivity index (χ3v) is 5.72. The van der Waals surface area contributed by atoms with Crippen LogP contribution >= 0.6 is 0 Å². The first-order valence-corrected chi connectivity index (χ1v) is 10.7. The van der Waals surface area contributed by atoms with Gasteiger partial charge in [0.25, 0.3) is 11.8 Å². The van der Waals surface area contributed by atoms with Crippen molar-refractivity contribution in [1.82, 2.24) is 5.32 Å². The molecular weight excluding hydrogens is 418 g/mol. The van der Waals surface area contributed by atoms with Gasteiger partial charge in [-0.3, -0.25) is 9.59 Å². The predicted molar refractivity (Wildman–Crippen MR) is 127 cm³/mol. The number of nitrogens with one attached hydrogen (secondary N) is 2. The Morgan fingerprint density at radius 3 is 2.42 bits per heavy atom. The van der Waals surface area contributed by atoms with E-state index in [1.165, 1.54) is 18.2 Å². The van der Waals surface area contributed by atoms with Crippen molar-refractivity contribution in [3.05, 3.63) is 88.5 Å². The average Bonchev–Trinajstić information content (AvgIpc) is 3.21. The zero-order valence-electron chi connectivity index (χ0n) is 18.7. The summed E-state index contributed by atoms with van der Waals surface area (Å²) in [6.45, 7) is 0.283. The Hall–Kier alpha value is -3.84. The van der Waals surface area contributed by atoms with Gasteiger partial charge in [-0.2, -0.15) is 0 Å². The van der Waals surface area contributed by atoms with Crippen LogP contribution in [0.3, 0.4) is 0 Å². The fraction of sp³-hybridized carbons (Fsp3) is 0.231. The van der Waals surface area contributed by atoms with E-state index in [1.54, 1.807) is 43.5 Å². The normalized spacial score (nSPS) is 14.3. The van der Waals surface area contributed by atoms with Gasteiger partial charge in [0.05, 0.1) is 14.2 Å². The molecule has 1 atom stereocenters. The number of hydrogen-bond acceptors (Lipinski definition) is 5. The summed E-state index contributed by atoms with van der Waals surface area (Å²) in [6.07, 6.45) is 1.70. The van der Waals surface area contributed by atoms with Gasteiger partial charge in [0.1, 0.15) is 0 Å². The topological polar surface area (TPSA) is 103 Å². The summed E-state index contributed by atoms with van der Waals surface area (Å²) in [5, 5.41) is 5.82. The Bertz CT molecular complexity index is 1190. The highest BCUT2D eigenvalue weighted by Crippen LogP contribution is 2.27. The zero-order valence-corrected chi connectivity index (χ0v) is 18.7. The monoisotopic (exact) mass is 445 g/mol. The number of nitrogens with two attached hydrogens (primary N) is 1. The van der Waals surface area contributed by atoms with Crippen LogP contribution in [0.4, 0.5) is 5.69 Å². The number of ether oxygens (including phenoxy) is 2. The molecule has 7 heteroatoms. The van der Waals surface area contributed by atoms with Gasteiger partial charge in [-0.05, 0) is 72.0 Å². The van der Waals surface area contributed by atoms with Crippen molar-refractivity contribution in [2.75, 3.05) is 19.5 Å². The minimum Gasteiger partial charge on any atom is -0.493 e. The quantitative estimate of drug-likeness (QED) is 0.518. The molecule has 0 aromatic heterocycles. The molecule has 1 aliphatic rings. The standard InChI is InChI=1S/C26H27N3O4/c1-32-23-9-7-19(14-24(23)33-2)25(30)28-15-16-4-3-5-18(10-16)26(31)29-22-8-6-17-11-21(27)12-20(17)13-22/h3-10,13-14,21H,11-12,15,27H2,1-2H3,(H,28,30)(H,29,31). The van der Waals surface area contributed by atoms with E-state index < -0.39 is 0 Å². The maximum Gasteiger partial charge on any atom is 0.255 e. The molecule has 3 aromatic rings. The molecule has 2 amide bonds. The van der Waals surface area contributed by atoms with Gasteiger partial charge in [-0.15, -0.1) is 0 Å². The van der Waals surface area contributed by atoms with E-state index in [2.05, 4.69) is 10.6 Å². The van der Waals surface area contributed by atoms with Crippen LogP contribution in [0, 0.1) is 0 Å². The van der Waals surface area contributed by atoms with E-state index in [9.17, 15) is 9.59 Å². The van der Waals surface area contributed by atoms with Crippen LogP contribution < -0.4 is 25.8 Å². The molecule has 4 N–H and O–H groups in total. The highest BCUT2D eigenvalue weighted by Gasteiger charge is 2.18. The van der Waals surface area contributed by atoms with Gasteiger partial charge in [-0.25, -0.2) is 0 Å². The molecule has 1 aliphatic carbocycles. The molecule has 0 bridgehead atoms. The van der Waals surface area contributed by atoms with Crippen molar-refractivity contribution in [3.8, 4) is 11.5 Å². The molecule has 1 unspecified atom stereocenters. The van der Waals surface area contributed by atoms with Crippen molar-refractivity contribution >= 4 is 17.5 Å². The summed E-state index contributed by atoms with van der Waals surface area (Å²) in [6, 6.07) is 18.2. The van der Waals surface area contributed by atoms with Crippen LogP contribution in [-0.4, -0.2) is 32.1 Å². The summed E-state index contributed by atoms with van der Waals surface area (Å²) in [5.41, 5.74) is 11.0. The molecule has 170 valence electrons. The number of methoxy groups -OCH3 is 2. The Morgan fingerprint density at radius 1 is 0.879 bits per heavy atom. The van der Waals surface area contributed by atoms with Gasteiger partial charge < -0.3 is 25.8 Å². The summed E-state index contributed by atoms with van der Waals surface area (Å²) >= 11 is 0. The van der Waals surface area contributed by atoms with Crippen molar-refractivity contribution in [3.63, 3.8) is 0 Å². The number of fused-ring (bicyclic) bond motifs is 1. The molecule has 3 aromatic carbocycles. The van der Waals surface area contributed by atoms with Crippen molar-refractivity contribution in [1.29, 1.82) is 0 Å². The van der Waals surface area contributed by atoms with E-state index in [0.717, 1.165) is 24.1 Å². The van der Waals surface area contributed by atoms with Crippen LogP contribution in [0.5, 0.6) is 11.5 Å². The predicted octanol–water partition coefficient (Wildman–Crippen LogP) is 3.31. The summed E-state index contributed by atoms with van der Waals surface area (Å²) < 4.78 is 10.5. The molecule has 0 saturated heterocycles. The maximum absolute atomic E-state index is 12.8. The molecule has 4 rings (SSSR count). The molecule has 0 radical (unpaired) electrons. The lowest BCUT2D eigenvalue weighted by molar-refractivity contribution is 0.0950. The van der Waals surface area contributed by atoms with Crippen molar-refractivity contribution in [2.24, 2.45) is 5.73 Å². The van der Waals surface area contributed by atoms with E-state index >= 15 is 0 Å². The third-order valence-electron chi connectivity index (χ3n) is 5.72. The van der Waals surface area contributed by atoms with Gasteiger partial charge in [-0.1, -0.05) is 18.2 Å². The Kier molecular flexibility index (Phi) is 6.60. The lowest BCUT2D eigenvalue weighted by Crippen LogP contribution is -2.23. The van der Waals surface area contributed by atoms with E-state index in [1.807, 2.05) is 24.3 Å². The second kappa shape index (κ2) is 9.75. The smallest absolute Gasteiger partial charge is 0.255 e. The van der Waals surface area contributed by atoms with Crippen LogP contribution in [0.25, 0.3) is 0 Å². The zero-order chi connectivity index (χ0) is 23.4. The maximum atomic E-state index is 12.8. The Morgan fingerprint density at radius 2 is 1.64 bits per heavy atom. The molecule has 0 saturated carbocycles. The van der Waals surface area contributed by atoms with Gasteiger partial charge in [0, 0.05) is 29.4 Å². The summed E-state index contributed by atoms with van der Waals surface area (Å²) in [7, 11) is 3.06. The first-order valence-electron chi connectivity index (χ1n) is 10.7. The molecule has 7 nitrogen and oxygen atoms in total. The number of rotatable bonds is 7. The number of benzene rings is 3. The second-order valence-corrected chi connectivity index (χ2v) is 8.06. The fourth-order valence-corrected chi connectivity index (χ4v) is 4.02. The molecule has 0 spiro atoms. The number of carbonyl (C=O) groups excluding carboxylic acids is 2. The summed E-state index contributed by atoms with van der Waals surface area (Å²) in [5.74, 6) is 0.587. The lowest BCUT2D eigenvalue weighted by Gasteiger charge is -2.11. The fourth-order valence-electron chi connectivity index (χ4n) is 4.02. The van der Waals surface area contributed by atoms with Crippen molar-refractivity contribution < 1.29 is 19.1 Å². The average molecular weight is 446 g/mol. The molecule has 0 aliphatic heterocycles. The first kappa shape index (κ1) is 22.4. The number of hydrogen-bond donors (Lipinski definition) is 3. The highest BCUT2D eigenvalue weighted by molar-refractivity contribution is 6.04. The van der Waals surface area contributed by atoms with E-state index in [0.29, 0.717) is 22.6 Å². The number of anilines is 1. The molecule has 0 heterocycles. The second-order valence-electron chi connectivity index (χ2n) is 8.06. The number of carbonyl (C=O) groups is 2. The van der Waals surface area contributed by atoms with Gasteiger partial charge >= 0.3 is 0 Å². The molecule has 33 heavy (non-hydrogen) atoms. The van der Waals surface area contributed by atoms with Crippen LogP contribution in [-0.2, 0) is 19.4 Å². The molecule has 0 fully saturated rings. The van der Waals surface area contributed by atoms with Crippen molar-refractivity contribution in [2.45, 2.75) is 25.4 Å². The minimum atomic E-state index is -0.248. The third kappa shape index (κ3) is 5.15. The Balaban J connectivity index is 1.39. The summed E-state index contributed by atoms with van der Waals surface area (Å²) in [4.78, 5) is 25.3. The Labute approximate surface area is 192 Å². The van der Waals surface area contributed by atoms with Crippen LogP contribution in [0.2, 0.25) is 0 Å². The largest absolute Gasteiger partial charge is 0.493 e. The minimum absolute atomic E-state index is 0.150. The first-order chi connectivity index (χ1) is 16.0. The van der Waals surface area contributed by atoms with Gasteiger partial charge in [0.2, 0.25) is 0 Å². The van der Waals surface area contributed by atoms with Crippen LogP contribution in [0.1, 0.15) is 37.4 Å².